The van der Waals surface area contributed by atoms with Gasteiger partial charge in [0.1, 0.15) is 13.2 Å². The van der Waals surface area contributed by atoms with Gasteiger partial charge in [-0.3, -0.25) is 14.5 Å². The van der Waals surface area contributed by atoms with Gasteiger partial charge in [-0.1, -0.05) is 13.3 Å². The minimum atomic E-state index is 0.0720. The summed E-state index contributed by atoms with van der Waals surface area (Å²) >= 11 is 0. The van der Waals surface area contributed by atoms with Crippen LogP contribution in [0.1, 0.15) is 36.5 Å². The van der Waals surface area contributed by atoms with E-state index >= 15 is 0 Å². The number of hydrogen-bond donors (Lipinski definition) is 0. The fourth-order valence-electron chi connectivity index (χ4n) is 3.15. The molecule has 1 fully saturated rings. The first-order valence-corrected chi connectivity index (χ1v) is 9.10. The molecule has 0 radical (unpaired) electrons. The van der Waals surface area contributed by atoms with Crippen molar-refractivity contribution in [3.8, 4) is 11.5 Å². The van der Waals surface area contributed by atoms with E-state index in [9.17, 15) is 9.59 Å². The van der Waals surface area contributed by atoms with Crippen LogP contribution in [-0.4, -0.2) is 67.4 Å². The summed E-state index contributed by atoms with van der Waals surface area (Å²) in [7, 11) is 0. The Morgan fingerprint density at radius 3 is 2.48 bits per heavy atom. The van der Waals surface area contributed by atoms with Crippen molar-refractivity contribution in [2.45, 2.75) is 26.2 Å². The summed E-state index contributed by atoms with van der Waals surface area (Å²) in [6.07, 6.45) is 2.62. The summed E-state index contributed by atoms with van der Waals surface area (Å²) in [4.78, 5) is 28.6. The maximum atomic E-state index is 12.5. The molecule has 0 aliphatic carbocycles. The number of ether oxygens (including phenoxy) is 2. The molecule has 136 valence electrons. The lowest BCUT2D eigenvalue weighted by Gasteiger charge is -2.34. The number of nitrogens with zero attached hydrogens (tertiary/aromatic N) is 2. The Balaban J connectivity index is 1.50. The highest BCUT2D eigenvalue weighted by atomic mass is 16.6. The summed E-state index contributed by atoms with van der Waals surface area (Å²) < 4.78 is 11.0. The molecule has 1 saturated heterocycles. The molecule has 0 saturated carbocycles. The lowest BCUT2D eigenvalue weighted by molar-refractivity contribution is -0.132. The van der Waals surface area contributed by atoms with Gasteiger partial charge in [0.05, 0.1) is 6.54 Å². The SMILES string of the molecule is CCCCC(=O)N1CCN(CC(=O)c2ccc3c(c2)OCCO3)CC1. The van der Waals surface area contributed by atoms with Gasteiger partial charge >= 0.3 is 0 Å². The number of carbonyl (C=O) groups is 2. The van der Waals surface area contributed by atoms with Gasteiger partial charge in [-0.2, -0.15) is 0 Å². The second kappa shape index (κ2) is 8.34. The topological polar surface area (TPSA) is 59.1 Å². The molecule has 0 bridgehead atoms. The van der Waals surface area contributed by atoms with Crippen molar-refractivity contribution in [1.82, 2.24) is 9.80 Å². The van der Waals surface area contributed by atoms with E-state index in [4.69, 9.17) is 9.47 Å². The van der Waals surface area contributed by atoms with Crippen LogP contribution in [0.15, 0.2) is 18.2 Å². The van der Waals surface area contributed by atoms with Crippen molar-refractivity contribution in [1.29, 1.82) is 0 Å². The zero-order valence-corrected chi connectivity index (χ0v) is 14.8. The largest absolute Gasteiger partial charge is 0.486 e. The molecule has 1 amide bonds. The molecule has 3 rings (SSSR count). The summed E-state index contributed by atoms with van der Waals surface area (Å²) in [5.74, 6) is 1.65. The summed E-state index contributed by atoms with van der Waals surface area (Å²) in [6.45, 7) is 6.42. The number of amides is 1. The van der Waals surface area contributed by atoms with Crippen LogP contribution < -0.4 is 9.47 Å². The van der Waals surface area contributed by atoms with Crippen molar-refractivity contribution in [3.05, 3.63) is 23.8 Å². The molecule has 0 N–H and O–H groups in total. The summed E-state index contributed by atoms with van der Waals surface area (Å²) in [5.41, 5.74) is 0.644. The van der Waals surface area contributed by atoms with Gasteiger partial charge in [0.15, 0.2) is 17.3 Å². The number of unbranched alkanes of at least 4 members (excludes halogenated alkanes) is 1. The molecular weight excluding hydrogens is 320 g/mol. The molecule has 2 heterocycles. The predicted molar refractivity (Wildman–Crippen MR) is 94.3 cm³/mol. The summed E-state index contributed by atoms with van der Waals surface area (Å²) in [6, 6.07) is 5.35. The van der Waals surface area contributed by atoms with Gasteiger partial charge in [-0.05, 0) is 24.6 Å². The average Bonchev–Trinajstić information content (AvgIpc) is 2.66. The third kappa shape index (κ3) is 4.51. The highest BCUT2D eigenvalue weighted by molar-refractivity contribution is 5.98. The van der Waals surface area contributed by atoms with Crippen LogP contribution in [0, 0.1) is 0 Å². The van der Waals surface area contributed by atoms with Gasteiger partial charge in [0.2, 0.25) is 5.91 Å². The fraction of sp³-hybridized carbons (Fsp3) is 0.579. The highest BCUT2D eigenvalue weighted by Gasteiger charge is 2.23. The van der Waals surface area contributed by atoms with Crippen LogP contribution in [0.3, 0.4) is 0 Å². The monoisotopic (exact) mass is 346 g/mol. The maximum Gasteiger partial charge on any atom is 0.222 e. The fourth-order valence-corrected chi connectivity index (χ4v) is 3.15. The molecule has 1 aromatic carbocycles. The number of fused-ring (bicyclic) bond motifs is 1. The van der Waals surface area contributed by atoms with Crippen molar-refractivity contribution < 1.29 is 19.1 Å². The summed E-state index contributed by atoms with van der Waals surface area (Å²) in [5, 5.41) is 0. The van der Waals surface area contributed by atoms with Crippen LogP contribution in [0.2, 0.25) is 0 Å². The Morgan fingerprint density at radius 1 is 1.04 bits per heavy atom. The number of hydrogen-bond acceptors (Lipinski definition) is 5. The lowest BCUT2D eigenvalue weighted by Crippen LogP contribution is -2.49. The second-order valence-corrected chi connectivity index (χ2v) is 6.54. The van der Waals surface area contributed by atoms with Crippen molar-refractivity contribution in [3.63, 3.8) is 0 Å². The number of piperazine rings is 1. The van der Waals surface area contributed by atoms with E-state index in [-0.39, 0.29) is 11.7 Å². The Bertz CT molecular complexity index is 624. The Morgan fingerprint density at radius 2 is 1.76 bits per heavy atom. The average molecular weight is 346 g/mol. The first-order chi connectivity index (χ1) is 12.2. The Kier molecular flexibility index (Phi) is 5.91. The molecule has 2 aliphatic heterocycles. The number of rotatable bonds is 6. The smallest absolute Gasteiger partial charge is 0.222 e. The minimum Gasteiger partial charge on any atom is -0.486 e. The minimum absolute atomic E-state index is 0.0720. The number of benzene rings is 1. The third-order valence-corrected chi connectivity index (χ3v) is 4.70. The van der Waals surface area contributed by atoms with E-state index in [0.717, 1.165) is 25.9 Å². The molecule has 0 unspecified atom stereocenters. The Hall–Kier alpha value is -2.08. The van der Waals surface area contributed by atoms with Gasteiger partial charge < -0.3 is 14.4 Å². The molecule has 0 atom stereocenters. The molecule has 1 aromatic rings. The van der Waals surface area contributed by atoms with E-state index in [1.807, 2.05) is 4.90 Å². The molecule has 0 aromatic heterocycles. The quantitative estimate of drug-likeness (QED) is 0.737. The number of Topliss-reactive ketones (excluding diaryl/α,β-unsaturated/α-hetero) is 1. The molecule has 0 spiro atoms. The second-order valence-electron chi connectivity index (χ2n) is 6.54. The van der Waals surface area contributed by atoms with Crippen LogP contribution in [0.25, 0.3) is 0 Å². The highest BCUT2D eigenvalue weighted by Crippen LogP contribution is 2.30. The maximum absolute atomic E-state index is 12.5. The first-order valence-electron chi connectivity index (χ1n) is 9.10. The first kappa shape index (κ1) is 17.7. The van der Waals surface area contributed by atoms with Crippen molar-refractivity contribution in [2.75, 3.05) is 45.9 Å². The Labute approximate surface area is 148 Å². The van der Waals surface area contributed by atoms with Crippen LogP contribution in [-0.2, 0) is 4.79 Å². The van der Waals surface area contributed by atoms with Crippen molar-refractivity contribution >= 4 is 11.7 Å². The predicted octanol–water partition coefficient (Wildman–Crippen LogP) is 1.97. The van der Waals surface area contributed by atoms with E-state index in [0.29, 0.717) is 56.3 Å². The molecule has 25 heavy (non-hydrogen) atoms. The number of carbonyl (C=O) groups excluding carboxylic acids is 2. The molecule has 6 heteroatoms. The zero-order valence-electron chi connectivity index (χ0n) is 14.8. The normalized spacial score (nSPS) is 17.4. The third-order valence-electron chi connectivity index (χ3n) is 4.70. The van der Waals surface area contributed by atoms with Crippen LogP contribution in [0.4, 0.5) is 0 Å². The van der Waals surface area contributed by atoms with Gasteiger partial charge in [0, 0.05) is 38.2 Å². The van der Waals surface area contributed by atoms with E-state index in [1.165, 1.54) is 0 Å². The molecule has 2 aliphatic rings. The molecule has 6 nitrogen and oxygen atoms in total. The molecular formula is C19H26N2O4. The van der Waals surface area contributed by atoms with Crippen LogP contribution >= 0.6 is 0 Å². The van der Waals surface area contributed by atoms with Crippen LogP contribution in [0.5, 0.6) is 11.5 Å². The van der Waals surface area contributed by atoms with Gasteiger partial charge in [0.25, 0.3) is 0 Å². The van der Waals surface area contributed by atoms with Crippen molar-refractivity contribution in [2.24, 2.45) is 0 Å². The van der Waals surface area contributed by atoms with E-state index in [2.05, 4.69) is 11.8 Å². The standard InChI is InChI=1S/C19H26N2O4/c1-2-3-4-19(23)21-9-7-20(8-10-21)14-16(22)15-5-6-17-18(13-15)25-12-11-24-17/h5-6,13H,2-4,7-12,14H2,1H3. The van der Waals surface area contributed by atoms with Gasteiger partial charge in [-0.15, -0.1) is 0 Å². The zero-order chi connectivity index (χ0) is 17.6. The van der Waals surface area contributed by atoms with E-state index in [1.54, 1.807) is 18.2 Å². The lowest BCUT2D eigenvalue weighted by atomic mass is 10.1. The number of ketones is 1. The van der Waals surface area contributed by atoms with Gasteiger partial charge in [-0.25, -0.2) is 0 Å². The van der Waals surface area contributed by atoms with E-state index < -0.39 is 0 Å².